The van der Waals surface area contributed by atoms with Crippen LogP contribution in [0.3, 0.4) is 0 Å². The van der Waals surface area contributed by atoms with Gasteiger partial charge < -0.3 is 9.67 Å². The fourth-order valence-corrected chi connectivity index (χ4v) is 2.78. The fraction of sp³-hybridized carbons (Fsp3) is 0.571. The van der Waals surface area contributed by atoms with E-state index in [-0.39, 0.29) is 17.2 Å². The van der Waals surface area contributed by atoms with Crippen molar-refractivity contribution in [3.05, 3.63) is 34.2 Å². The summed E-state index contributed by atoms with van der Waals surface area (Å²) in [6.45, 7) is 2.15. The molecule has 1 heterocycles. The molecule has 1 aromatic rings. The molecule has 1 N–H and O–H groups in total. The zero-order chi connectivity index (χ0) is 13.1. The first-order valence-corrected chi connectivity index (χ1v) is 6.55. The molecule has 0 aliphatic heterocycles. The van der Waals surface area contributed by atoms with Crippen molar-refractivity contribution < 1.29 is 9.90 Å². The summed E-state index contributed by atoms with van der Waals surface area (Å²) in [5, 5.41) is 9.00. The second-order valence-electron chi connectivity index (χ2n) is 5.15. The average Bonchev–Trinajstić information content (AvgIpc) is 2.54. The molecule has 0 bridgehead atoms. The Kier molecular flexibility index (Phi) is 3.84. The normalized spacial score (nSPS) is 24.5. The quantitative estimate of drug-likeness (QED) is 0.820. The van der Waals surface area contributed by atoms with Gasteiger partial charge in [0.25, 0.3) is 5.56 Å². The van der Waals surface area contributed by atoms with Crippen molar-refractivity contribution in [3.63, 3.8) is 0 Å². The summed E-state index contributed by atoms with van der Waals surface area (Å²) in [5.41, 5.74) is 0.0878. The molecule has 18 heavy (non-hydrogen) atoms. The lowest BCUT2D eigenvalue weighted by Gasteiger charge is -2.24. The number of nitrogens with zero attached hydrogens (tertiary/aromatic N) is 1. The van der Waals surface area contributed by atoms with Crippen molar-refractivity contribution in [2.45, 2.75) is 45.1 Å². The lowest BCUT2D eigenvalue weighted by atomic mass is 9.96. The standard InChI is InChI=1S/C14H19NO3/c1-10-5-3-2-4-6-12(10)15-9-11(14(17)18)7-8-13(15)16/h7-10,12H,2-6H2,1H3,(H,17,18). The Labute approximate surface area is 106 Å². The zero-order valence-corrected chi connectivity index (χ0v) is 10.6. The third kappa shape index (κ3) is 2.63. The van der Waals surface area contributed by atoms with Crippen molar-refractivity contribution >= 4 is 5.97 Å². The number of aromatic carboxylic acids is 1. The molecule has 98 valence electrons. The summed E-state index contributed by atoms with van der Waals surface area (Å²) in [4.78, 5) is 22.9. The van der Waals surface area contributed by atoms with Crippen LogP contribution in [0.4, 0.5) is 0 Å². The van der Waals surface area contributed by atoms with Gasteiger partial charge in [0.05, 0.1) is 5.56 Å². The molecule has 0 spiro atoms. The Hall–Kier alpha value is -1.58. The molecular weight excluding hydrogens is 230 g/mol. The summed E-state index contributed by atoms with van der Waals surface area (Å²) in [7, 11) is 0. The van der Waals surface area contributed by atoms with Crippen molar-refractivity contribution in [1.29, 1.82) is 0 Å². The molecule has 1 aromatic heterocycles. The number of carboxylic acids is 1. The van der Waals surface area contributed by atoms with Gasteiger partial charge in [-0.3, -0.25) is 4.79 Å². The van der Waals surface area contributed by atoms with Gasteiger partial charge in [-0.05, 0) is 24.8 Å². The predicted molar refractivity (Wildman–Crippen MR) is 68.9 cm³/mol. The van der Waals surface area contributed by atoms with E-state index in [0.717, 1.165) is 19.3 Å². The maximum Gasteiger partial charge on any atom is 0.337 e. The Balaban J connectivity index is 2.38. The first-order chi connectivity index (χ1) is 8.59. The fourth-order valence-electron chi connectivity index (χ4n) is 2.78. The lowest BCUT2D eigenvalue weighted by Crippen LogP contribution is -2.28. The lowest BCUT2D eigenvalue weighted by molar-refractivity contribution is 0.0695. The SMILES string of the molecule is CC1CCCCCC1n1cc(C(=O)O)ccc1=O. The third-order valence-corrected chi connectivity index (χ3v) is 3.86. The number of carbonyl (C=O) groups is 1. The molecule has 1 aliphatic rings. The molecular formula is C14H19NO3. The van der Waals surface area contributed by atoms with Crippen LogP contribution in [0.5, 0.6) is 0 Å². The summed E-state index contributed by atoms with van der Waals surface area (Å²) in [6, 6.07) is 2.88. The van der Waals surface area contributed by atoms with E-state index in [1.807, 2.05) is 0 Å². The van der Waals surface area contributed by atoms with Gasteiger partial charge in [-0.1, -0.05) is 26.2 Å². The Morgan fingerprint density at radius 1 is 1.28 bits per heavy atom. The maximum atomic E-state index is 11.9. The van der Waals surface area contributed by atoms with Crippen LogP contribution in [0.1, 0.15) is 55.4 Å². The second kappa shape index (κ2) is 5.38. The van der Waals surface area contributed by atoms with Crippen LogP contribution in [0.15, 0.2) is 23.1 Å². The first kappa shape index (κ1) is 12.9. The summed E-state index contributed by atoms with van der Waals surface area (Å²) in [6.07, 6.45) is 7.08. The third-order valence-electron chi connectivity index (χ3n) is 3.86. The Morgan fingerprint density at radius 2 is 2.00 bits per heavy atom. The first-order valence-electron chi connectivity index (χ1n) is 6.55. The number of carboxylic acid groups (broad SMARTS) is 1. The maximum absolute atomic E-state index is 11.9. The van der Waals surface area contributed by atoms with E-state index in [0.29, 0.717) is 5.92 Å². The minimum atomic E-state index is -0.981. The highest BCUT2D eigenvalue weighted by Crippen LogP contribution is 2.31. The van der Waals surface area contributed by atoms with Gasteiger partial charge in [0.15, 0.2) is 0 Å². The van der Waals surface area contributed by atoms with Gasteiger partial charge in [0.1, 0.15) is 0 Å². The van der Waals surface area contributed by atoms with Crippen molar-refractivity contribution in [3.8, 4) is 0 Å². The van der Waals surface area contributed by atoms with Crippen LogP contribution in [-0.2, 0) is 0 Å². The number of rotatable bonds is 2. The summed E-state index contributed by atoms with van der Waals surface area (Å²) < 4.78 is 1.62. The molecule has 4 nitrogen and oxygen atoms in total. The number of pyridine rings is 1. The van der Waals surface area contributed by atoms with Crippen LogP contribution >= 0.6 is 0 Å². The molecule has 4 heteroatoms. The van der Waals surface area contributed by atoms with Crippen molar-refractivity contribution in [1.82, 2.24) is 4.57 Å². The van der Waals surface area contributed by atoms with Crippen LogP contribution in [0.2, 0.25) is 0 Å². The Bertz CT molecular complexity index is 492. The van der Waals surface area contributed by atoms with Gasteiger partial charge in [0, 0.05) is 18.3 Å². The second-order valence-corrected chi connectivity index (χ2v) is 5.15. The topological polar surface area (TPSA) is 59.3 Å². The highest BCUT2D eigenvalue weighted by molar-refractivity contribution is 5.87. The molecule has 2 rings (SSSR count). The van der Waals surface area contributed by atoms with E-state index in [1.54, 1.807) is 4.57 Å². The predicted octanol–water partition coefficient (Wildman–Crippen LogP) is 2.69. The average molecular weight is 249 g/mol. The Morgan fingerprint density at radius 3 is 2.72 bits per heavy atom. The molecule has 2 unspecified atom stereocenters. The highest BCUT2D eigenvalue weighted by atomic mass is 16.4. The van der Waals surface area contributed by atoms with Gasteiger partial charge >= 0.3 is 5.97 Å². The summed E-state index contributed by atoms with van der Waals surface area (Å²) >= 11 is 0. The minimum Gasteiger partial charge on any atom is -0.478 e. The van der Waals surface area contributed by atoms with E-state index in [4.69, 9.17) is 5.11 Å². The van der Waals surface area contributed by atoms with E-state index in [1.165, 1.54) is 31.2 Å². The molecule has 1 aliphatic carbocycles. The van der Waals surface area contributed by atoms with Crippen molar-refractivity contribution in [2.24, 2.45) is 5.92 Å². The molecule has 0 saturated heterocycles. The minimum absolute atomic E-state index is 0.0984. The van der Waals surface area contributed by atoms with Gasteiger partial charge in [-0.25, -0.2) is 4.79 Å². The van der Waals surface area contributed by atoms with Crippen LogP contribution < -0.4 is 5.56 Å². The molecule has 0 radical (unpaired) electrons. The van der Waals surface area contributed by atoms with Crippen LogP contribution in [0, 0.1) is 5.92 Å². The van der Waals surface area contributed by atoms with E-state index >= 15 is 0 Å². The molecule has 0 aromatic carbocycles. The van der Waals surface area contributed by atoms with E-state index in [2.05, 4.69) is 6.92 Å². The molecule has 2 atom stereocenters. The molecule has 0 amide bonds. The molecule has 1 saturated carbocycles. The van der Waals surface area contributed by atoms with Crippen LogP contribution in [0.25, 0.3) is 0 Å². The smallest absolute Gasteiger partial charge is 0.337 e. The number of hydrogen-bond donors (Lipinski definition) is 1. The van der Waals surface area contributed by atoms with Crippen LogP contribution in [-0.4, -0.2) is 15.6 Å². The monoisotopic (exact) mass is 249 g/mol. The van der Waals surface area contributed by atoms with Gasteiger partial charge in [-0.15, -0.1) is 0 Å². The van der Waals surface area contributed by atoms with E-state index < -0.39 is 5.97 Å². The van der Waals surface area contributed by atoms with Gasteiger partial charge in [0.2, 0.25) is 0 Å². The zero-order valence-electron chi connectivity index (χ0n) is 10.6. The van der Waals surface area contributed by atoms with Gasteiger partial charge in [-0.2, -0.15) is 0 Å². The largest absolute Gasteiger partial charge is 0.478 e. The van der Waals surface area contributed by atoms with Crippen molar-refractivity contribution in [2.75, 3.05) is 0 Å². The number of aromatic nitrogens is 1. The highest BCUT2D eigenvalue weighted by Gasteiger charge is 2.22. The summed E-state index contributed by atoms with van der Waals surface area (Å²) in [5.74, 6) is -0.556. The molecule has 1 fully saturated rings. The number of hydrogen-bond acceptors (Lipinski definition) is 2. The van der Waals surface area contributed by atoms with E-state index in [9.17, 15) is 9.59 Å².